The molecule has 0 unspecified atom stereocenters. The molecule has 9 aromatic rings. The highest BCUT2D eigenvalue weighted by molar-refractivity contribution is 7.90. The van der Waals surface area contributed by atoms with Gasteiger partial charge in [0.25, 0.3) is 10.0 Å². The number of halogens is 2. The predicted molar refractivity (Wildman–Crippen MR) is 356 cm³/mol. The highest BCUT2D eigenvalue weighted by Gasteiger charge is 2.26. The number of amides is 2. The highest BCUT2D eigenvalue weighted by Crippen LogP contribution is 2.37. The van der Waals surface area contributed by atoms with Crippen molar-refractivity contribution >= 4 is 114 Å². The van der Waals surface area contributed by atoms with Gasteiger partial charge in [-0.15, -0.1) is 0 Å². The van der Waals surface area contributed by atoms with Gasteiger partial charge in [-0.05, 0) is 121 Å². The second-order valence-corrected chi connectivity index (χ2v) is 31.1. The molecule has 2 saturated heterocycles. The minimum atomic E-state index is -3.89. The summed E-state index contributed by atoms with van der Waals surface area (Å²) in [6.07, 6.45) is 12.4. The van der Waals surface area contributed by atoms with Crippen molar-refractivity contribution in [1.29, 1.82) is 0 Å². The molecule has 3 aromatic carbocycles. The fraction of sp³-hybridized carbons (Fsp3) is 0.323. The zero-order chi connectivity index (χ0) is 62.8. The van der Waals surface area contributed by atoms with E-state index in [1.165, 1.54) is 5.69 Å². The lowest BCUT2D eigenvalue weighted by Crippen LogP contribution is -2.48. The Kier molecular flexibility index (Phi) is 23.4. The van der Waals surface area contributed by atoms with Crippen LogP contribution in [-0.4, -0.2) is 154 Å². The van der Waals surface area contributed by atoms with Gasteiger partial charge in [-0.2, -0.15) is 26.0 Å². The van der Waals surface area contributed by atoms with Crippen molar-refractivity contribution in [3.8, 4) is 22.3 Å². The number of aromatic amines is 1. The Labute approximate surface area is 520 Å². The first-order valence-electron chi connectivity index (χ1n) is 28.6. The average Bonchev–Trinajstić information content (AvgIpc) is 1.86. The third-order valence-electron chi connectivity index (χ3n) is 13.9. The molecule has 0 atom stereocenters. The number of carbonyl (C=O) groups excluding carboxylic acids is 2. The summed E-state index contributed by atoms with van der Waals surface area (Å²) in [4.78, 5) is 60.4. The monoisotopic (exact) mass is 1260 g/mol. The third kappa shape index (κ3) is 18.1. The number of aromatic nitrogens is 8. The number of hydrogen-bond donors (Lipinski definition) is 6. The molecule has 21 nitrogen and oxygen atoms in total. The van der Waals surface area contributed by atoms with Crippen LogP contribution in [0.25, 0.3) is 44.3 Å². The van der Waals surface area contributed by atoms with Crippen molar-refractivity contribution in [2.45, 2.75) is 65.1 Å². The first-order chi connectivity index (χ1) is 41.6. The van der Waals surface area contributed by atoms with Crippen LogP contribution in [0.1, 0.15) is 39.2 Å². The van der Waals surface area contributed by atoms with Gasteiger partial charge >= 0.3 is 0 Å². The summed E-state index contributed by atoms with van der Waals surface area (Å²) in [7, 11) is -1.47. The van der Waals surface area contributed by atoms with E-state index in [1.54, 1.807) is 88.3 Å². The molecule has 2 amide bonds. The Bertz CT molecular complexity index is 3780. The van der Waals surface area contributed by atoms with Gasteiger partial charge in [-0.1, -0.05) is 50.7 Å². The smallest absolute Gasteiger partial charge is 0.269 e. The van der Waals surface area contributed by atoms with Crippen LogP contribution in [0.2, 0.25) is 24.9 Å². The van der Waals surface area contributed by atoms with E-state index in [4.69, 9.17) is 38.5 Å². The maximum atomic E-state index is 13.3. The molecule has 6 aromatic heterocycles. The number of carbonyl (C=O) groups is 2. The van der Waals surface area contributed by atoms with Gasteiger partial charge in [0, 0.05) is 158 Å². The Morgan fingerprint density at radius 3 is 1.62 bits per heavy atom. The largest absolute Gasteiger partial charge is 0.399 e. The van der Waals surface area contributed by atoms with Gasteiger partial charge in [0.15, 0.2) is 5.65 Å². The van der Waals surface area contributed by atoms with Crippen molar-refractivity contribution in [3.63, 3.8) is 0 Å². The van der Waals surface area contributed by atoms with E-state index >= 15 is 0 Å². The van der Waals surface area contributed by atoms with Crippen LogP contribution < -0.4 is 31.5 Å². The lowest BCUT2D eigenvalue weighted by Gasteiger charge is -2.35. The van der Waals surface area contributed by atoms with Crippen LogP contribution in [0.3, 0.4) is 0 Å². The number of rotatable bonds is 12. The van der Waals surface area contributed by atoms with Gasteiger partial charge in [0.05, 0.1) is 15.7 Å². The van der Waals surface area contributed by atoms with Crippen LogP contribution in [0.4, 0.5) is 40.3 Å². The summed E-state index contributed by atoms with van der Waals surface area (Å²) in [5.74, 6) is 2.01. The number of pyridine rings is 2. The predicted octanol–water partition coefficient (Wildman–Crippen LogP) is 11.0. The summed E-state index contributed by atoms with van der Waals surface area (Å²) in [5.41, 5.74) is 15.1. The number of H-pyrrole nitrogens is 1. The maximum absolute atomic E-state index is 13.3. The fourth-order valence-corrected chi connectivity index (χ4v) is 10.8. The van der Waals surface area contributed by atoms with Gasteiger partial charge in [0.2, 0.25) is 23.0 Å². The molecule has 11 rings (SSSR count). The first kappa shape index (κ1) is 66.2. The molecule has 2 fully saturated rings. The molecule has 2 aliphatic heterocycles. The van der Waals surface area contributed by atoms with Gasteiger partial charge in [-0.3, -0.25) is 19.6 Å². The van der Waals surface area contributed by atoms with Crippen LogP contribution in [-0.2, 0) is 19.6 Å². The number of unbranched alkanes of at least 4 members (excludes halogenated alkanes) is 1. The van der Waals surface area contributed by atoms with Crippen LogP contribution in [0, 0.1) is 6.92 Å². The fourth-order valence-electron chi connectivity index (χ4n) is 9.33. The van der Waals surface area contributed by atoms with Gasteiger partial charge in [0.1, 0.15) is 24.7 Å². The SMILES string of the molecule is CC(=O)N1CCN(c2ccc(N)cc2)CC1.CCCCO.CNc1nc(Cl)nc2c1c(-c1ccncc1)cn2S(=O)(=O)c1ccc(C)cc1.CNc1nc(Nc2ccc(N3CCN(C(C)=O)CC3)cc2)nc2[nH]cc(-c3ccncc3)c12.C[Si](C)(C)Cl. The Balaban J connectivity index is 0.000000180. The number of aliphatic hydroxyl groups excluding tert-OH is 1. The second kappa shape index (κ2) is 30.8. The van der Waals surface area contributed by atoms with Gasteiger partial charge in [-0.25, -0.2) is 17.4 Å². The summed E-state index contributed by atoms with van der Waals surface area (Å²) >= 11 is 11.7. The number of fused-ring (bicyclic) bond motifs is 2. The Morgan fingerprint density at radius 2 is 1.16 bits per heavy atom. The molecular formula is C62H78Cl2N16O5SSi. The molecule has 460 valence electrons. The van der Waals surface area contributed by atoms with E-state index in [2.05, 4.69) is 94.4 Å². The second-order valence-electron chi connectivity index (χ2n) is 21.4. The Hall–Kier alpha value is -8.35. The van der Waals surface area contributed by atoms with E-state index < -0.39 is 17.4 Å². The molecule has 2 aliphatic rings. The molecule has 25 heteroatoms. The number of anilines is 7. The third-order valence-corrected chi connectivity index (χ3v) is 15.7. The lowest BCUT2D eigenvalue weighted by atomic mass is 10.1. The summed E-state index contributed by atoms with van der Waals surface area (Å²) in [6, 6.07) is 30.3. The highest BCUT2D eigenvalue weighted by atomic mass is 35.6. The van der Waals surface area contributed by atoms with Gasteiger partial charge < -0.3 is 51.4 Å². The molecular weight excluding hydrogens is 1180 g/mol. The molecule has 7 N–H and O–H groups in total. The molecule has 0 spiro atoms. The standard InChI is InChI=1S/C24H26N8O.C19H16ClN5O2S.C12H17N3O.C4H10O.C3H9ClSi/c1-16(33)31-11-13-32(14-12-31)19-5-3-18(4-6-19)28-24-29-22(25-2)21-20(15-27-23(21)30-24)17-7-9-26-10-8-17;1-12-3-5-14(6-4-12)28(26,27)25-11-15(13-7-9-22-10-8-13)16-17(21-2)23-19(20)24-18(16)25;1-10(16)14-6-8-15(9-7-14)12-4-2-11(13)3-5-12;1-2-3-4-5;1-5(2,3)4/h3-10,15H,11-14H2,1-2H3,(H3,25,27,28,29,30);3-11H,1-2H3,(H,21,23,24);2-5H,6-9,13H2,1H3;5H,2-4H2,1H3;1-3H3. The molecule has 87 heavy (non-hydrogen) atoms. The number of nitrogens with zero attached hydrogens (tertiary/aromatic N) is 11. The van der Waals surface area contributed by atoms with E-state index in [0.29, 0.717) is 29.3 Å². The molecule has 0 aliphatic carbocycles. The van der Waals surface area contributed by atoms with E-state index in [0.717, 1.165) is 125 Å². The van der Waals surface area contributed by atoms with Crippen LogP contribution in [0.5, 0.6) is 0 Å². The van der Waals surface area contributed by atoms with Crippen LogP contribution >= 0.6 is 22.7 Å². The molecule has 0 radical (unpaired) electrons. The van der Waals surface area contributed by atoms with Crippen molar-refractivity contribution in [2.24, 2.45) is 0 Å². The van der Waals surface area contributed by atoms with E-state index in [1.807, 2.05) is 78.5 Å². The number of nitrogens with two attached hydrogens (primary N) is 1. The number of aryl methyl sites for hydroxylation is 1. The number of nitrogens with one attached hydrogen (secondary N) is 4. The van der Waals surface area contributed by atoms with Crippen molar-refractivity contribution in [2.75, 3.05) is 105 Å². The lowest BCUT2D eigenvalue weighted by molar-refractivity contribution is -0.129. The average molecular weight is 1260 g/mol. The summed E-state index contributed by atoms with van der Waals surface area (Å²) in [5, 5.41) is 19.0. The van der Waals surface area contributed by atoms with Crippen molar-refractivity contribution in [3.05, 3.63) is 145 Å². The zero-order valence-electron chi connectivity index (χ0n) is 50.7. The number of hydrogen-bond acceptors (Lipinski definition) is 17. The minimum absolute atomic E-state index is 0.0448. The topological polar surface area (TPSA) is 262 Å². The summed E-state index contributed by atoms with van der Waals surface area (Å²) < 4.78 is 27.8. The molecule has 0 bridgehead atoms. The van der Waals surface area contributed by atoms with E-state index in [9.17, 15) is 18.0 Å². The number of aliphatic hydroxyl groups is 1. The van der Waals surface area contributed by atoms with E-state index in [-0.39, 0.29) is 27.6 Å². The normalized spacial score (nSPS) is 13.2. The van der Waals surface area contributed by atoms with Crippen molar-refractivity contribution in [1.82, 2.24) is 48.7 Å². The zero-order valence-corrected chi connectivity index (χ0v) is 54.0. The van der Waals surface area contributed by atoms with Crippen molar-refractivity contribution < 1.29 is 23.1 Å². The number of piperazine rings is 2. The maximum Gasteiger partial charge on any atom is 0.269 e. The molecule has 8 heterocycles. The Morgan fingerprint density at radius 1 is 0.678 bits per heavy atom. The summed E-state index contributed by atoms with van der Waals surface area (Å²) in [6.45, 7) is 20.4. The number of benzene rings is 3. The first-order valence-corrected chi connectivity index (χ1v) is 34.9. The number of nitrogen functional groups attached to an aromatic ring is 1. The minimum Gasteiger partial charge on any atom is -0.399 e. The molecule has 0 saturated carbocycles. The van der Waals surface area contributed by atoms with Crippen LogP contribution in [0.15, 0.2) is 139 Å². The quantitative estimate of drug-likeness (QED) is 0.0287.